The summed E-state index contributed by atoms with van der Waals surface area (Å²) in [4.78, 5) is 22.6. The van der Waals surface area contributed by atoms with Crippen LogP contribution in [0.15, 0.2) is 12.1 Å². The van der Waals surface area contributed by atoms with E-state index in [2.05, 4.69) is 5.32 Å². The minimum Gasteiger partial charge on any atom is -0.493 e. The fourth-order valence-corrected chi connectivity index (χ4v) is 1.84. The van der Waals surface area contributed by atoms with E-state index in [1.165, 1.54) is 14.2 Å². The molecule has 0 spiro atoms. The van der Waals surface area contributed by atoms with Crippen LogP contribution in [0.2, 0.25) is 0 Å². The molecule has 0 fully saturated rings. The molecular formula is C11H12N2O5. The predicted octanol–water partition coefficient (Wildman–Crippen LogP) is 0.541. The molecule has 1 aliphatic rings. The summed E-state index contributed by atoms with van der Waals surface area (Å²) in [6.07, 6.45) is -0.898. The third-order valence-corrected chi connectivity index (χ3v) is 2.56. The van der Waals surface area contributed by atoms with Crippen LogP contribution in [-0.2, 0) is 4.74 Å². The van der Waals surface area contributed by atoms with Gasteiger partial charge >= 0.3 is 12.0 Å². The first-order valence-corrected chi connectivity index (χ1v) is 5.10. The number of rotatable bonds is 3. The van der Waals surface area contributed by atoms with Gasteiger partial charge in [0, 0.05) is 5.56 Å². The molecule has 0 radical (unpaired) electrons. The van der Waals surface area contributed by atoms with Gasteiger partial charge in [0.25, 0.3) is 0 Å². The summed E-state index contributed by atoms with van der Waals surface area (Å²) < 4.78 is 15.2. The summed E-state index contributed by atoms with van der Waals surface area (Å²) in [5.41, 5.74) is 5.72. The predicted molar refractivity (Wildman–Crippen MR) is 60.4 cm³/mol. The Morgan fingerprint density at radius 2 is 2.11 bits per heavy atom. The molecule has 7 nitrogen and oxygen atoms in total. The summed E-state index contributed by atoms with van der Waals surface area (Å²) >= 11 is 0. The Labute approximate surface area is 103 Å². The molecule has 18 heavy (non-hydrogen) atoms. The molecule has 0 aliphatic carbocycles. The summed E-state index contributed by atoms with van der Waals surface area (Å²) in [6.45, 7) is 0. The van der Waals surface area contributed by atoms with E-state index < -0.39 is 18.2 Å². The Hall–Kier alpha value is -2.44. The van der Waals surface area contributed by atoms with Crippen LogP contribution in [0.3, 0.4) is 0 Å². The molecule has 1 heterocycles. The van der Waals surface area contributed by atoms with E-state index in [9.17, 15) is 9.59 Å². The van der Waals surface area contributed by atoms with E-state index in [1.807, 2.05) is 0 Å². The number of esters is 1. The van der Waals surface area contributed by atoms with Gasteiger partial charge < -0.3 is 19.9 Å². The molecule has 0 saturated carbocycles. The van der Waals surface area contributed by atoms with Crippen LogP contribution in [0.25, 0.3) is 0 Å². The Kier molecular flexibility index (Phi) is 2.97. The number of hydrogen-bond donors (Lipinski definition) is 2. The Morgan fingerprint density at radius 3 is 2.67 bits per heavy atom. The standard InChI is InChI=1S/C11H12N2O5/c1-16-6-4-3-5-7(8(6)17-2)10(14)18-9(5)13-11(12)15/h3-4,9H,1-2H3,(H3,12,13,15)/t9-/m0/s1. The number of primary amides is 1. The van der Waals surface area contributed by atoms with Crippen LogP contribution in [0, 0.1) is 0 Å². The average molecular weight is 252 g/mol. The second kappa shape index (κ2) is 4.44. The summed E-state index contributed by atoms with van der Waals surface area (Å²) in [5.74, 6) is 0.0844. The number of carbonyl (C=O) groups is 2. The average Bonchev–Trinajstić information content (AvgIpc) is 2.64. The second-order valence-electron chi connectivity index (χ2n) is 3.56. The smallest absolute Gasteiger partial charge is 0.344 e. The quantitative estimate of drug-likeness (QED) is 0.765. The van der Waals surface area contributed by atoms with Gasteiger partial charge in [-0.3, -0.25) is 5.32 Å². The normalized spacial score (nSPS) is 16.8. The molecule has 0 saturated heterocycles. The lowest BCUT2D eigenvalue weighted by Crippen LogP contribution is -2.33. The molecule has 1 aromatic rings. The van der Waals surface area contributed by atoms with Crippen molar-refractivity contribution in [3.8, 4) is 11.5 Å². The highest BCUT2D eigenvalue weighted by molar-refractivity contribution is 5.98. The van der Waals surface area contributed by atoms with Crippen LogP contribution >= 0.6 is 0 Å². The highest BCUT2D eigenvalue weighted by Gasteiger charge is 2.36. The number of nitrogens with two attached hydrogens (primary N) is 1. The first-order chi connectivity index (χ1) is 8.58. The molecule has 0 unspecified atom stereocenters. The first kappa shape index (κ1) is 12.0. The second-order valence-corrected chi connectivity index (χ2v) is 3.56. The largest absolute Gasteiger partial charge is 0.493 e. The highest BCUT2D eigenvalue weighted by atomic mass is 16.6. The van der Waals surface area contributed by atoms with Crippen LogP contribution in [0.5, 0.6) is 11.5 Å². The topological polar surface area (TPSA) is 99.9 Å². The Bertz CT molecular complexity index is 514. The third-order valence-electron chi connectivity index (χ3n) is 2.56. The van der Waals surface area contributed by atoms with Crippen molar-refractivity contribution >= 4 is 12.0 Å². The maximum atomic E-state index is 11.8. The molecule has 1 aromatic carbocycles. The van der Waals surface area contributed by atoms with E-state index >= 15 is 0 Å². The molecular weight excluding hydrogens is 240 g/mol. The Morgan fingerprint density at radius 1 is 1.39 bits per heavy atom. The summed E-state index contributed by atoms with van der Waals surface area (Å²) in [5, 5.41) is 2.32. The number of nitrogens with one attached hydrogen (secondary N) is 1. The highest BCUT2D eigenvalue weighted by Crippen LogP contribution is 2.40. The van der Waals surface area contributed by atoms with E-state index in [4.69, 9.17) is 19.9 Å². The van der Waals surface area contributed by atoms with Crippen molar-refractivity contribution in [2.75, 3.05) is 14.2 Å². The monoisotopic (exact) mass is 252 g/mol. The fourth-order valence-electron chi connectivity index (χ4n) is 1.84. The molecule has 7 heteroatoms. The lowest BCUT2D eigenvalue weighted by atomic mass is 10.1. The zero-order valence-electron chi connectivity index (χ0n) is 9.85. The number of carbonyl (C=O) groups excluding carboxylic acids is 2. The summed E-state index contributed by atoms with van der Waals surface area (Å²) in [7, 11) is 2.88. The van der Waals surface area contributed by atoms with Gasteiger partial charge in [-0.25, -0.2) is 9.59 Å². The number of methoxy groups -OCH3 is 2. The minimum absolute atomic E-state index is 0.232. The third kappa shape index (κ3) is 1.79. The van der Waals surface area contributed by atoms with Crippen molar-refractivity contribution in [2.45, 2.75) is 6.23 Å². The molecule has 2 amide bonds. The molecule has 3 N–H and O–H groups in total. The number of amides is 2. The van der Waals surface area contributed by atoms with Crippen molar-refractivity contribution in [1.29, 1.82) is 0 Å². The van der Waals surface area contributed by atoms with Crippen molar-refractivity contribution in [3.63, 3.8) is 0 Å². The van der Waals surface area contributed by atoms with Gasteiger partial charge in [0.05, 0.1) is 14.2 Å². The van der Waals surface area contributed by atoms with Crippen molar-refractivity contribution < 1.29 is 23.8 Å². The van der Waals surface area contributed by atoms with Gasteiger partial charge in [-0.2, -0.15) is 0 Å². The number of urea groups is 1. The lowest BCUT2D eigenvalue weighted by Gasteiger charge is -2.12. The number of fused-ring (bicyclic) bond motifs is 1. The van der Waals surface area contributed by atoms with Crippen molar-refractivity contribution in [2.24, 2.45) is 5.73 Å². The Balaban J connectivity index is 2.50. The first-order valence-electron chi connectivity index (χ1n) is 5.10. The molecule has 2 rings (SSSR count). The SMILES string of the molecule is COc1ccc2c(c1OC)C(=O)O[C@@H]2NC(N)=O. The summed E-state index contributed by atoms with van der Waals surface area (Å²) in [6, 6.07) is 2.45. The van der Waals surface area contributed by atoms with Gasteiger partial charge in [0.1, 0.15) is 5.56 Å². The van der Waals surface area contributed by atoms with Crippen LogP contribution in [-0.4, -0.2) is 26.2 Å². The van der Waals surface area contributed by atoms with Crippen molar-refractivity contribution in [3.05, 3.63) is 23.3 Å². The number of benzene rings is 1. The fraction of sp³-hybridized carbons (Fsp3) is 0.273. The van der Waals surface area contributed by atoms with Crippen LogP contribution < -0.4 is 20.5 Å². The van der Waals surface area contributed by atoms with Gasteiger partial charge in [-0.05, 0) is 12.1 Å². The van der Waals surface area contributed by atoms with Gasteiger partial charge in [0.2, 0.25) is 6.23 Å². The molecule has 0 bridgehead atoms. The minimum atomic E-state index is -0.898. The van der Waals surface area contributed by atoms with Gasteiger partial charge in [-0.15, -0.1) is 0 Å². The zero-order chi connectivity index (χ0) is 13.3. The lowest BCUT2D eigenvalue weighted by molar-refractivity contribution is 0.0339. The van der Waals surface area contributed by atoms with Crippen LogP contribution in [0.4, 0.5) is 4.79 Å². The number of hydrogen-bond acceptors (Lipinski definition) is 5. The van der Waals surface area contributed by atoms with Crippen LogP contribution in [0.1, 0.15) is 22.1 Å². The van der Waals surface area contributed by atoms with Crippen molar-refractivity contribution in [1.82, 2.24) is 5.32 Å². The maximum absolute atomic E-state index is 11.8. The van der Waals surface area contributed by atoms with Gasteiger partial charge in [-0.1, -0.05) is 0 Å². The van der Waals surface area contributed by atoms with E-state index in [0.29, 0.717) is 11.3 Å². The number of cyclic esters (lactones) is 1. The van der Waals surface area contributed by atoms with E-state index in [1.54, 1.807) is 12.1 Å². The van der Waals surface area contributed by atoms with E-state index in [0.717, 1.165) is 0 Å². The van der Waals surface area contributed by atoms with E-state index in [-0.39, 0.29) is 11.3 Å². The molecule has 1 atom stereocenters. The maximum Gasteiger partial charge on any atom is 0.344 e. The zero-order valence-corrected chi connectivity index (χ0v) is 9.85. The van der Waals surface area contributed by atoms with Gasteiger partial charge in [0.15, 0.2) is 11.5 Å². The molecule has 1 aliphatic heterocycles. The number of ether oxygens (including phenoxy) is 3. The molecule has 0 aromatic heterocycles. The molecule has 96 valence electrons.